The average Bonchev–Trinajstić information content (AvgIpc) is 2.52. The van der Waals surface area contributed by atoms with Crippen LogP contribution in [0.15, 0.2) is 30.4 Å². The zero-order valence-electron chi connectivity index (χ0n) is 14.2. The smallest absolute Gasteiger partial charge is 0.333 e. The van der Waals surface area contributed by atoms with E-state index in [9.17, 15) is 15.0 Å². The lowest BCUT2D eigenvalue weighted by atomic mass is 9.93. The fraction of sp³-hybridized carbons (Fsp3) is 0.526. The Morgan fingerprint density at radius 3 is 2.48 bits per heavy atom. The summed E-state index contributed by atoms with van der Waals surface area (Å²) >= 11 is 0. The predicted molar refractivity (Wildman–Crippen MR) is 91.7 cm³/mol. The molecule has 0 radical (unpaired) electrons. The Balaban J connectivity index is 2.68. The molecule has 0 fully saturated rings. The molecule has 1 aromatic rings. The third-order valence-electron chi connectivity index (χ3n) is 3.89. The Kier molecular flexibility index (Phi) is 8.23. The third-order valence-corrected chi connectivity index (χ3v) is 3.89. The number of carbonyl (C=O) groups excluding carboxylic acids is 1. The van der Waals surface area contributed by atoms with Crippen LogP contribution in [0.2, 0.25) is 0 Å². The molecule has 1 rings (SSSR count). The Labute approximate surface area is 138 Å². The van der Waals surface area contributed by atoms with Gasteiger partial charge in [0.15, 0.2) is 11.5 Å². The highest BCUT2D eigenvalue weighted by Gasteiger charge is 2.16. The summed E-state index contributed by atoms with van der Waals surface area (Å²) < 4.78 is 5.29. The Hall–Kier alpha value is -1.97. The second-order valence-corrected chi connectivity index (χ2v) is 6.03. The Morgan fingerprint density at radius 1 is 1.17 bits per heavy atom. The number of aromatic hydroxyl groups is 2. The average molecular weight is 320 g/mol. The molecule has 4 nitrogen and oxygen atoms in total. The first-order chi connectivity index (χ1) is 11.0. The molecular weight excluding hydrogens is 292 g/mol. The molecular formula is C19H28O4. The van der Waals surface area contributed by atoms with Crippen LogP contribution in [0, 0.1) is 0 Å². The number of benzene rings is 1. The van der Waals surface area contributed by atoms with Crippen LogP contribution in [0.5, 0.6) is 11.5 Å². The fourth-order valence-corrected chi connectivity index (χ4v) is 2.43. The van der Waals surface area contributed by atoms with Crippen molar-refractivity contribution < 1.29 is 19.7 Å². The van der Waals surface area contributed by atoms with E-state index in [0.717, 1.165) is 24.8 Å². The molecule has 0 aliphatic heterocycles. The molecule has 1 aromatic carbocycles. The molecule has 0 amide bonds. The topological polar surface area (TPSA) is 66.8 Å². The van der Waals surface area contributed by atoms with Gasteiger partial charge < -0.3 is 14.9 Å². The number of unbranched alkanes of at least 4 members (excludes halogenated alkanes) is 4. The van der Waals surface area contributed by atoms with Crippen molar-refractivity contribution in [2.24, 2.45) is 0 Å². The molecule has 128 valence electrons. The number of hydrogen-bond acceptors (Lipinski definition) is 4. The first kappa shape index (κ1) is 19.1. The van der Waals surface area contributed by atoms with E-state index in [1.807, 2.05) is 0 Å². The minimum absolute atomic E-state index is 0.00595. The molecule has 0 spiro atoms. The van der Waals surface area contributed by atoms with Crippen LogP contribution in [0.4, 0.5) is 0 Å². The second kappa shape index (κ2) is 9.93. The molecule has 0 heterocycles. The van der Waals surface area contributed by atoms with E-state index in [1.54, 1.807) is 19.1 Å². The first-order valence-electron chi connectivity index (χ1n) is 8.30. The number of hydrogen-bond donors (Lipinski definition) is 2. The molecule has 4 heteroatoms. The van der Waals surface area contributed by atoms with Gasteiger partial charge >= 0.3 is 5.97 Å². The van der Waals surface area contributed by atoms with E-state index >= 15 is 0 Å². The molecule has 23 heavy (non-hydrogen) atoms. The maximum Gasteiger partial charge on any atom is 0.333 e. The maximum absolute atomic E-state index is 11.6. The van der Waals surface area contributed by atoms with Gasteiger partial charge in [-0.05, 0) is 31.0 Å². The SMILES string of the molecule is C=C(C)C(=O)OCC(CCCCCCC)c1ccc(O)c(O)c1. The Bertz CT molecular complexity index is 522. The van der Waals surface area contributed by atoms with Gasteiger partial charge in [-0.3, -0.25) is 0 Å². The van der Waals surface area contributed by atoms with Gasteiger partial charge in [-0.1, -0.05) is 51.7 Å². The molecule has 0 saturated carbocycles. The van der Waals surface area contributed by atoms with Crippen molar-refractivity contribution in [3.63, 3.8) is 0 Å². The lowest BCUT2D eigenvalue weighted by Crippen LogP contribution is -2.13. The monoisotopic (exact) mass is 320 g/mol. The summed E-state index contributed by atoms with van der Waals surface area (Å²) in [5.41, 5.74) is 1.24. The normalized spacial score (nSPS) is 11.9. The van der Waals surface area contributed by atoms with Gasteiger partial charge in [0.25, 0.3) is 0 Å². The van der Waals surface area contributed by atoms with Crippen molar-refractivity contribution in [1.29, 1.82) is 0 Å². The number of ether oxygens (including phenoxy) is 1. The zero-order chi connectivity index (χ0) is 17.2. The summed E-state index contributed by atoms with van der Waals surface area (Å²) in [6.07, 6.45) is 6.69. The summed E-state index contributed by atoms with van der Waals surface area (Å²) in [4.78, 5) is 11.6. The van der Waals surface area contributed by atoms with Crippen molar-refractivity contribution in [3.8, 4) is 11.5 Å². The zero-order valence-corrected chi connectivity index (χ0v) is 14.2. The highest BCUT2D eigenvalue weighted by atomic mass is 16.5. The van der Waals surface area contributed by atoms with Gasteiger partial charge in [0.2, 0.25) is 0 Å². The summed E-state index contributed by atoms with van der Waals surface area (Å²) in [5.74, 6) is -0.686. The predicted octanol–water partition coefficient (Wildman–Crippen LogP) is 4.66. The standard InChI is InChI=1S/C19H28O4/c1-4-5-6-7-8-9-16(13-23-19(22)14(2)3)15-10-11-17(20)18(21)12-15/h10-12,16,20-21H,2,4-9,13H2,1,3H3. The summed E-state index contributed by atoms with van der Waals surface area (Å²) in [5, 5.41) is 19.1. The van der Waals surface area contributed by atoms with Crippen molar-refractivity contribution in [3.05, 3.63) is 35.9 Å². The minimum Gasteiger partial charge on any atom is -0.504 e. The van der Waals surface area contributed by atoms with Crippen LogP contribution in [0.3, 0.4) is 0 Å². The number of phenolic OH excluding ortho intramolecular Hbond substituents is 2. The third kappa shape index (κ3) is 6.76. The lowest BCUT2D eigenvalue weighted by molar-refractivity contribution is -0.139. The van der Waals surface area contributed by atoms with Crippen LogP contribution in [0.25, 0.3) is 0 Å². The van der Waals surface area contributed by atoms with E-state index in [1.165, 1.54) is 25.3 Å². The highest BCUT2D eigenvalue weighted by Crippen LogP contribution is 2.31. The lowest BCUT2D eigenvalue weighted by Gasteiger charge is -2.18. The van der Waals surface area contributed by atoms with Gasteiger partial charge in [0.1, 0.15) is 0 Å². The first-order valence-corrected chi connectivity index (χ1v) is 8.30. The van der Waals surface area contributed by atoms with E-state index in [2.05, 4.69) is 13.5 Å². The van der Waals surface area contributed by atoms with Gasteiger partial charge in [-0.25, -0.2) is 4.79 Å². The number of phenols is 2. The largest absolute Gasteiger partial charge is 0.504 e. The molecule has 1 atom stereocenters. The van der Waals surface area contributed by atoms with E-state index in [-0.39, 0.29) is 24.0 Å². The molecule has 2 N–H and O–H groups in total. The van der Waals surface area contributed by atoms with Crippen molar-refractivity contribution >= 4 is 5.97 Å². The van der Waals surface area contributed by atoms with Crippen LogP contribution in [-0.2, 0) is 9.53 Å². The Morgan fingerprint density at radius 2 is 1.87 bits per heavy atom. The van der Waals surface area contributed by atoms with Crippen LogP contribution < -0.4 is 0 Å². The van der Waals surface area contributed by atoms with E-state index in [0.29, 0.717) is 5.57 Å². The summed E-state index contributed by atoms with van der Waals surface area (Å²) in [6, 6.07) is 4.77. The number of carbonyl (C=O) groups is 1. The van der Waals surface area contributed by atoms with E-state index < -0.39 is 5.97 Å². The quantitative estimate of drug-likeness (QED) is 0.285. The van der Waals surface area contributed by atoms with Gasteiger partial charge in [0, 0.05) is 11.5 Å². The summed E-state index contributed by atoms with van der Waals surface area (Å²) in [7, 11) is 0. The summed E-state index contributed by atoms with van der Waals surface area (Å²) in [6.45, 7) is 7.63. The highest BCUT2D eigenvalue weighted by molar-refractivity contribution is 5.86. The van der Waals surface area contributed by atoms with Crippen molar-refractivity contribution in [2.75, 3.05) is 6.61 Å². The second-order valence-electron chi connectivity index (χ2n) is 6.03. The van der Waals surface area contributed by atoms with Gasteiger partial charge in [0.05, 0.1) is 6.61 Å². The number of esters is 1. The van der Waals surface area contributed by atoms with Crippen molar-refractivity contribution in [2.45, 2.75) is 58.3 Å². The molecule has 0 saturated heterocycles. The van der Waals surface area contributed by atoms with Crippen LogP contribution in [-0.4, -0.2) is 22.8 Å². The maximum atomic E-state index is 11.6. The molecule has 0 aliphatic rings. The minimum atomic E-state index is -0.399. The van der Waals surface area contributed by atoms with Crippen LogP contribution >= 0.6 is 0 Å². The van der Waals surface area contributed by atoms with Crippen molar-refractivity contribution in [1.82, 2.24) is 0 Å². The van der Waals surface area contributed by atoms with Crippen LogP contribution in [0.1, 0.15) is 63.9 Å². The van der Waals surface area contributed by atoms with Gasteiger partial charge in [-0.15, -0.1) is 0 Å². The molecule has 0 aromatic heterocycles. The molecule has 1 unspecified atom stereocenters. The van der Waals surface area contributed by atoms with Gasteiger partial charge in [-0.2, -0.15) is 0 Å². The van der Waals surface area contributed by atoms with E-state index in [4.69, 9.17) is 4.74 Å². The fourth-order valence-electron chi connectivity index (χ4n) is 2.43. The molecule has 0 bridgehead atoms. The molecule has 0 aliphatic carbocycles. The number of rotatable bonds is 10.